The molecule has 2 rings (SSSR count). The fraction of sp³-hybridized carbons (Fsp3) is 0.667. The van der Waals surface area contributed by atoms with Gasteiger partial charge in [0.2, 0.25) is 5.95 Å². The fourth-order valence-corrected chi connectivity index (χ4v) is 2.74. The first-order valence-corrected chi connectivity index (χ1v) is 6.09. The molecule has 0 aromatic carbocycles. The molecule has 17 heavy (non-hydrogen) atoms. The van der Waals surface area contributed by atoms with E-state index in [9.17, 15) is 4.39 Å². The van der Waals surface area contributed by atoms with Crippen LogP contribution in [-0.2, 0) is 0 Å². The van der Waals surface area contributed by atoms with E-state index in [-0.39, 0.29) is 17.8 Å². The highest BCUT2D eigenvalue weighted by Gasteiger charge is 2.24. The first-order valence-electron chi connectivity index (χ1n) is 6.09. The van der Waals surface area contributed by atoms with E-state index in [0.29, 0.717) is 11.8 Å². The van der Waals surface area contributed by atoms with Gasteiger partial charge in [0.1, 0.15) is 0 Å². The SMILES string of the molecule is CC1CC(C)CC(Nc2nc(N)ncc2F)C1. The summed E-state index contributed by atoms with van der Waals surface area (Å²) in [6.07, 6.45) is 4.45. The maximum absolute atomic E-state index is 13.5. The van der Waals surface area contributed by atoms with Gasteiger partial charge in [-0.15, -0.1) is 0 Å². The molecule has 3 N–H and O–H groups in total. The van der Waals surface area contributed by atoms with Crippen molar-refractivity contribution in [3.05, 3.63) is 12.0 Å². The average molecular weight is 238 g/mol. The summed E-state index contributed by atoms with van der Waals surface area (Å²) in [7, 11) is 0. The summed E-state index contributed by atoms with van der Waals surface area (Å²) in [4.78, 5) is 7.51. The van der Waals surface area contributed by atoms with Gasteiger partial charge in [0, 0.05) is 6.04 Å². The largest absolute Gasteiger partial charge is 0.368 e. The van der Waals surface area contributed by atoms with Crippen molar-refractivity contribution in [1.82, 2.24) is 9.97 Å². The van der Waals surface area contributed by atoms with Crippen LogP contribution in [0, 0.1) is 17.7 Å². The molecule has 1 fully saturated rings. The summed E-state index contributed by atoms with van der Waals surface area (Å²) >= 11 is 0. The lowest BCUT2D eigenvalue weighted by Crippen LogP contribution is -2.31. The number of nitrogen functional groups attached to an aromatic ring is 1. The molecule has 0 radical (unpaired) electrons. The minimum atomic E-state index is -0.440. The Balaban J connectivity index is 2.07. The molecule has 1 aromatic rings. The zero-order chi connectivity index (χ0) is 12.4. The molecule has 5 heteroatoms. The second-order valence-electron chi connectivity index (χ2n) is 5.18. The van der Waals surface area contributed by atoms with Gasteiger partial charge in [0.05, 0.1) is 6.20 Å². The van der Waals surface area contributed by atoms with E-state index in [0.717, 1.165) is 19.0 Å². The molecule has 0 saturated heterocycles. The van der Waals surface area contributed by atoms with Gasteiger partial charge in [-0.1, -0.05) is 13.8 Å². The zero-order valence-corrected chi connectivity index (χ0v) is 10.3. The van der Waals surface area contributed by atoms with Gasteiger partial charge >= 0.3 is 0 Å². The quantitative estimate of drug-likeness (QED) is 0.830. The van der Waals surface area contributed by atoms with Crippen LogP contribution in [0.1, 0.15) is 33.1 Å². The van der Waals surface area contributed by atoms with Crippen LogP contribution in [0.3, 0.4) is 0 Å². The predicted octanol–water partition coefficient (Wildman–Crippen LogP) is 2.43. The number of halogens is 1. The molecule has 0 amide bonds. The van der Waals surface area contributed by atoms with E-state index in [1.54, 1.807) is 0 Å². The molecule has 1 aromatic heterocycles. The number of aromatic nitrogens is 2. The first-order chi connectivity index (χ1) is 8.04. The maximum atomic E-state index is 13.5. The van der Waals surface area contributed by atoms with E-state index in [2.05, 4.69) is 29.1 Å². The highest BCUT2D eigenvalue weighted by molar-refractivity contribution is 5.40. The molecule has 2 atom stereocenters. The van der Waals surface area contributed by atoms with Crippen LogP contribution in [0.25, 0.3) is 0 Å². The van der Waals surface area contributed by atoms with Gasteiger partial charge in [-0.3, -0.25) is 0 Å². The Bertz CT molecular complexity index is 386. The van der Waals surface area contributed by atoms with E-state index in [1.807, 2.05) is 0 Å². The molecule has 4 nitrogen and oxygen atoms in total. The number of hydrogen-bond donors (Lipinski definition) is 2. The van der Waals surface area contributed by atoms with Gasteiger partial charge in [-0.25, -0.2) is 9.37 Å². The third-order valence-corrected chi connectivity index (χ3v) is 3.28. The molecule has 0 bridgehead atoms. The molecule has 2 unspecified atom stereocenters. The summed E-state index contributed by atoms with van der Waals surface area (Å²) in [6.45, 7) is 4.46. The van der Waals surface area contributed by atoms with Crippen molar-refractivity contribution < 1.29 is 4.39 Å². The molecule has 1 aliphatic carbocycles. The number of rotatable bonds is 2. The first kappa shape index (κ1) is 12.1. The molecule has 1 aliphatic rings. The van der Waals surface area contributed by atoms with Gasteiger partial charge in [0.25, 0.3) is 0 Å². The number of nitrogens with two attached hydrogens (primary N) is 1. The zero-order valence-electron chi connectivity index (χ0n) is 10.3. The highest BCUT2D eigenvalue weighted by atomic mass is 19.1. The molecular formula is C12H19FN4. The lowest BCUT2D eigenvalue weighted by molar-refractivity contribution is 0.280. The van der Waals surface area contributed by atoms with Gasteiger partial charge in [-0.2, -0.15) is 4.98 Å². The van der Waals surface area contributed by atoms with Crippen molar-refractivity contribution >= 4 is 11.8 Å². The number of nitrogens with one attached hydrogen (secondary N) is 1. The topological polar surface area (TPSA) is 63.8 Å². The standard InChI is InChI=1S/C12H19FN4/c1-7-3-8(2)5-9(4-7)16-11-10(13)6-15-12(14)17-11/h6-9H,3-5H2,1-2H3,(H3,14,15,16,17). The Morgan fingerprint density at radius 1 is 1.29 bits per heavy atom. The Labute approximate surface area is 101 Å². The monoisotopic (exact) mass is 238 g/mol. The Morgan fingerprint density at radius 2 is 1.94 bits per heavy atom. The van der Waals surface area contributed by atoms with Crippen LogP contribution < -0.4 is 11.1 Å². The minimum absolute atomic E-state index is 0.103. The van der Waals surface area contributed by atoms with Crippen LogP contribution >= 0.6 is 0 Å². The summed E-state index contributed by atoms with van der Waals surface area (Å²) in [5.41, 5.74) is 5.46. The molecule has 1 saturated carbocycles. The van der Waals surface area contributed by atoms with Crippen LogP contribution in [0.15, 0.2) is 6.20 Å². The van der Waals surface area contributed by atoms with Gasteiger partial charge < -0.3 is 11.1 Å². The summed E-state index contributed by atoms with van der Waals surface area (Å²) in [5.74, 6) is 1.22. The summed E-state index contributed by atoms with van der Waals surface area (Å²) < 4.78 is 13.5. The third-order valence-electron chi connectivity index (χ3n) is 3.28. The molecule has 0 spiro atoms. The highest BCUT2D eigenvalue weighted by Crippen LogP contribution is 2.30. The lowest BCUT2D eigenvalue weighted by Gasteiger charge is -2.32. The maximum Gasteiger partial charge on any atom is 0.222 e. The van der Waals surface area contributed by atoms with E-state index in [1.165, 1.54) is 6.42 Å². The molecular weight excluding hydrogens is 219 g/mol. The Kier molecular flexibility index (Phi) is 3.45. The number of anilines is 2. The second kappa shape index (κ2) is 4.85. The molecule has 0 aliphatic heterocycles. The van der Waals surface area contributed by atoms with Crippen molar-refractivity contribution in [2.45, 2.75) is 39.2 Å². The van der Waals surface area contributed by atoms with E-state index >= 15 is 0 Å². The van der Waals surface area contributed by atoms with Crippen LogP contribution in [-0.4, -0.2) is 16.0 Å². The van der Waals surface area contributed by atoms with E-state index in [4.69, 9.17) is 5.73 Å². The molecule has 1 heterocycles. The summed E-state index contributed by atoms with van der Waals surface area (Å²) in [6, 6.07) is 0.276. The van der Waals surface area contributed by atoms with Crippen molar-refractivity contribution in [3.8, 4) is 0 Å². The lowest BCUT2D eigenvalue weighted by atomic mass is 9.80. The van der Waals surface area contributed by atoms with Crippen LogP contribution in [0.2, 0.25) is 0 Å². The van der Waals surface area contributed by atoms with Gasteiger partial charge in [-0.05, 0) is 31.1 Å². The predicted molar refractivity (Wildman–Crippen MR) is 66.0 cm³/mol. The number of hydrogen-bond acceptors (Lipinski definition) is 4. The van der Waals surface area contributed by atoms with Crippen molar-refractivity contribution in [3.63, 3.8) is 0 Å². The molecule has 94 valence electrons. The second-order valence-corrected chi connectivity index (χ2v) is 5.18. The van der Waals surface area contributed by atoms with E-state index < -0.39 is 5.82 Å². The fourth-order valence-electron chi connectivity index (χ4n) is 2.74. The Hall–Kier alpha value is -1.39. The third kappa shape index (κ3) is 3.05. The van der Waals surface area contributed by atoms with Crippen LogP contribution in [0.4, 0.5) is 16.2 Å². The van der Waals surface area contributed by atoms with Crippen LogP contribution in [0.5, 0.6) is 0 Å². The van der Waals surface area contributed by atoms with Crippen molar-refractivity contribution in [2.24, 2.45) is 11.8 Å². The average Bonchev–Trinajstić information content (AvgIpc) is 2.22. The number of nitrogens with zero attached hydrogens (tertiary/aromatic N) is 2. The normalized spacial score (nSPS) is 29.0. The van der Waals surface area contributed by atoms with Crippen molar-refractivity contribution in [2.75, 3.05) is 11.1 Å². The van der Waals surface area contributed by atoms with Gasteiger partial charge in [0.15, 0.2) is 11.6 Å². The Morgan fingerprint density at radius 3 is 2.59 bits per heavy atom. The summed E-state index contributed by atoms with van der Waals surface area (Å²) in [5, 5.41) is 3.14. The smallest absolute Gasteiger partial charge is 0.222 e. The van der Waals surface area contributed by atoms with Crippen molar-refractivity contribution in [1.29, 1.82) is 0 Å². The minimum Gasteiger partial charge on any atom is -0.368 e.